The molecule has 3 atom stereocenters. The number of ether oxygens (including phenoxy) is 1. The average molecular weight is 193 g/mol. The van der Waals surface area contributed by atoms with Gasteiger partial charge < -0.3 is 25.8 Å². The van der Waals surface area contributed by atoms with E-state index in [0.717, 1.165) is 0 Å². The van der Waals surface area contributed by atoms with Crippen molar-refractivity contribution in [1.29, 1.82) is 0 Å². The van der Waals surface area contributed by atoms with Crippen molar-refractivity contribution in [2.45, 2.75) is 25.4 Å². The highest BCUT2D eigenvalue weighted by Gasteiger charge is 2.33. The van der Waals surface area contributed by atoms with Gasteiger partial charge in [-0.25, -0.2) is 9.59 Å². The van der Waals surface area contributed by atoms with Gasteiger partial charge in [0.1, 0.15) is 6.23 Å². The van der Waals surface area contributed by atoms with E-state index in [1.165, 1.54) is 6.92 Å². The number of hydrogen-bond donors (Lipinski definition) is 4. The molecular formula is C6H11NO6. The molecule has 0 aliphatic carbocycles. The predicted octanol–water partition coefficient (Wildman–Crippen LogP) is -1.79. The number of aliphatic hydroxyl groups excluding tert-OH is 1. The molecule has 0 aromatic rings. The van der Waals surface area contributed by atoms with Crippen molar-refractivity contribution >= 4 is 11.9 Å². The molecular weight excluding hydrogens is 182 g/mol. The summed E-state index contributed by atoms with van der Waals surface area (Å²) in [6.07, 6.45) is -4.93. The van der Waals surface area contributed by atoms with Crippen molar-refractivity contribution in [2.75, 3.05) is 0 Å². The summed E-state index contributed by atoms with van der Waals surface area (Å²) < 4.78 is 4.48. The van der Waals surface area contributed by atoms with Gasteiger partial charge >= 0.3 is 11.9 Å². The lowest BCUT2D eigenvalue weighted by Crippen LogP contribution is -2.44. The molecule has 0 rings (SSSR count). The molecule has 0 aromatic heterocycles. The number of hydrogen-bond acceptors (Lipinski definition) is 5. The van der Waals surface area contributed by atoms with Crippen LogP contribution in [0.15, 0.2) is 0 Å². The normalized spacial score (nSPS) is 17.5. The summed E-state index contributed by atoms with van der Waals surface area (Å²) in [7, 11) is 0. The molecule has 0 heterocycles. The van der Waals surface area contributed by atoms with E-state index in [0.29, 0.717) is 0 Å². The molecule has 76 valence electrons. The molecule has 0 bridgehead atoms. The van der Waals surface area contributed by atoms with Crippen molar-refractivity contribution in [2.24, 2.45) is 5.73 Å². The first-order valence-corrected chi connectivity index (χ1v) is 3.41. The summed E-state index contributed by atoms with van der Waals surface area (Å²) in [6.45, 7) is 1.32. The third-order valence-corrected chi connectivity index (χ3v) is 1.14. The number of carboxylic acid groups (broad SMARTS) is 2. The number of aliphatic carboxylic acids is 2. The van der Waals surface area contributed by atoms with Crippen LogP contribution < -0.4 is 5.73 Å². The van der Waals surface area contributed by atoms with Crippen LogP contribution in [0.5, 0.6) is 0 Å². The number of aliphatic hydroxyl groups is 1. The quantitative estimate of drug-likeness (QED) is 0.379. The molecule has 0 amide bonds. The van der Waals surface area contributed by atoms with Gasteiger partial charge in [-0.05, 0) is 6.92 Å². The molecule has 0 spiro atoms. The highest BCUT2D eigenvalue weighted by Crippen LogP contribution is 2.02. The van der Waals surface area contributed by atoms with Crippen LogP contribution in [0.3, 0.4) is 0 Å². The van der Waals surface area contributed by atoms with Crippen LogP contribution in [0.2, 0.25) is 0 Å². The Morgan fingerprint density at radius 2 is 1.77 bits per heavy atom. The Morgan fingerprint density at radius 1 is 1.31 bits per heavy atom. The Labute approximate surface area is 73.7 Å². The van der Waals surface area contributed by atoms with Crippen molar-refractivity contribution in [3.8, 4) is 0 Å². The molecule has 3 unspecified atom stereocenters. The zero-order valence-electron chi connectivity index (χ0n) is 6.88. The first kappa shape index (κ1) is 11.8. The fourth-order valence-corrected chi connectivity index (χ4v) is 0.628. The molecule has 13 heavy (non-hydrogen) atoms. The molecule has 0 saturated heterocycles. The van der Waals surface area contributed by atoms with Gasteiger partial charge in [0, 0.05) is 0 Å². The largest absolute Gasteiger partial charge is 0.479 e. The molecule has 7 nitrogen and oxygen atoms in total. The lowest BCUT2D eigenvalue weighted by atomic mass is 10.2. The summed E-state index contributed by atoms with van der Waals surface area (Å²) in [5.41, 5.74) is 5.08. The summed E-state index contributed by atoms with van der Waals surface area (Å²) in [5.74, 6) is -3.25. The summed E-state index contributed by atoms with van der Waals surface area (Å²) in [4.78, 5) is 20.6. The average Bonchev–Trinajstić information content (AvgIpc) is 1.97. The molecule has 0 aliphatic heterocycles. The smallest absolute Gasteiger partial charge is 0.336 e. The van der Waals surface area contributed by atoms with E-state index in [4.69, 9.17) is 21.1 Å². The molecule has 0 aromatic carbocycles. The summed E-state index contributed by atoms with van der Waals surface area (Å²) >= 11 is 0. The van der Waals surface area contributed by atoms with Gasteiger partial charge in [0.05, 0.1) is 0 Å². The highest BCUT2D eigenvalue weighted by molar-refractivity contribution is 5.83. The van der Waals surface area contributed by atoms with E-state index in [2.05, 4.69) is 4.74 Å². The second-order valence-electron chi connectivity index (χ2n) is 2.38. The first-order valence-electron chi connectivity index (χ1n) is 3.41. The SMILES string of the molecule is CC(N)OC(C(=O)O)C(O)C(=O)O. The maximum Gasteiger partial charge on any atom is 0.336 e. The maximum absolute atomic E-state index is 10.4. The van der Waals surface area contributed by atoms with Crippen molar-refractivity contribution in [1.82, 2.24) is 0 Å². The lowest BCUT2D eigenvalue weighted by Gasteiger charge is -2.18. The fourth-order valence-electron chi connectivity index (χ4n) is 0.628. The number of carbonyl (C=O) groups is 2. The van der Waals surface area contributed by atoms with E-state index in [-0.39, 0.29) is 0 Å². The van der Waals surface area contributed by atoms with E-state index >= 15 is 0 Å². The van der Waals surface area contributed by atoms with E-state index in [9.17, 15) is 9.59 Å². The topological polar surface area (TPSA) is 130 Å². The van der Waals surface area contributed by atoms with Crippen molar-refractivity contribution in [3.05, 3.63) is 0 Å². The number of rotatable bonds is 5. The van der Waals surface area contributed by atoms with Crippen LogP contribution in [0.4, 0.5) is 0 Å². The Morgan fingerprint density at radius 3 is 2.00 bits per heavy atom. The molecule has 0 saturated carbocycles. The standard InChI is InChI=1S/C6H11NO6/c1-2(7)13-4(6(11)12)3(8)5(9)10/h2-4,8H,7H2,1H3,(H,9,10)(H,11,12). The van der Waals surface area contributed by atoms with Crippen LogP contribution in [0, 0.1) is 0 Å². The summed E-state index contributed by atoms with van der Waals surface area (Å²) in [6, 6.07) is 0. The van der Waals surface area contributed by atoms with Gasteiger partial charge in [-0.3, -0.25) is 0 Å². The fraction of sp³-hybridized carbons (Fsp3) is 0.667. The number of nitrogens with two attached hydrogens (primary N) is 1. The molecule has 0 aliphatic rings. The molecule has 7 heteroatoms. The van der Waals surface area contributed by atoms with E-state index < -0.39 is 30.4 Å². The zero-order chi connectivity index (χ0) is 10.6. The minimum Gasteiger partial charge on any atom is -0.479 e. The van der Waals surface area contributed by atoms with Crippen LogP contribution in [0.25, 0.3) is 0 Å². The van der Waals surface area contributed by atoms with Crippen LogP contribution >= 0.6 is 0 Å². The van der Waals surface area contributed by atoms with Crippen LogP contribution in [-0.4, -0.2) is 45.7 Å². The van der Waals surface area contributed by atoms with Gasteiger partial charge in [-0.1, -0.05) is 0 Å². The Hall–Kier alpha value is -1.18. The Bertz CT molecular complexity index is 203. The highest BCUT2D eigenvalue weighted by atomic mass is 16.5. The lowest BCUT2D eigenvalue weighted by molar-refractivity contribution is -0.175. The monoisotopic (exact) mass is 193 g/mol. The zero-order valence-corrected chi connectivity index (χ0v) is 6.88. The van der Waals surface area contributed by atoms with Gasteiger partial charge in [0.15, 0.2) is 12.2 Å². The first-order chi connectivity index (χ1) is 5.86. The van der Waals surface area contributed by atoms with Crippen molar-refractivity contribution in [3.63, 3.8) is 0 Å². The van der Waals surface area contributed by atoms with Gasteiger partial charge in [-0.2, -0.15) is 0 Å². The maximum atomic E-state index is 10.4. The Balaban J connectivity index is 4.42. The molecule has 0 radical (unpaired) electrons. The van der Waals surface area contributed by atoms with E-state index in [1.54, 1.807) is 0 Å². The van der Waals surface area contributed by atoms with E-state index in [1.807, 2.05) is 0 Å². The van der Waals surface area contributed by atoms with Gasteiger partial charge in [0.2, 0.25) is 0 Å². The predicted molar refractivity (Wildman–Crippen MR) is 39.8 cm³/mol. The van der Waals surface area contributed by atoms with Crippen LogP contribution in [-0.2, 0) is 14.3 Å². The van der Waals surface area contributed by atoms with Gasteiger partial charge in [-0.15, -0.1) is 0 Å². The second kappa shape index (κ2) is 4.75. The summed E-state index contributed by atoms with van der Waals surface area (Å²) in [5, 5.41) is 25.6. The molecule has 5 N–H and O–H groups in total. The number of carboxylic acids is 2. The minimum atomic E-state index is -2.12. The van der Waals surface area contributed by atoms with Crippen LogP contribution in [0.1, 0.15) is 6.92 Å². The molecule has 0 fully saturated rings. The Kier molecular flexibility index (Phi) is 4.32. The van der Waals surface area contributed by atoms with Gasteiger partial charge in [0.25, 0.3) is 0 Å². The van der Waals surface area contributed by atoms with Crippen molar-refractivity contribution < 1.29 is 29.6 Å². The third-order valence-electron chi connectivity index (χ3n) is 1.14. The second-order valence-corrected chi connectivity index (χ2v) is 2.38. The minimum absolute atomic E-state index is 0.963. The third kappa shape index (κ3) is 3.83.